The van der Waals surface area contributed by atoms with Crippen LogP contribution in [0, 0.1) is 0 Å². The van der Waals surface area contributed by atoms with Crippen molar-refractivity contribution < 1.29 is 9.53 Å². The summed E-state index contributed by atoms with van der Waals surface area (Å²) in [5, 5.41) is 2.89. The monoisotopic (exact) mass is 340 g/mol. The van der Waals surface area contributed by atoms with Crippen LogP contribution in [0.4, 0.5) is 0 Å². The third-order valence-electron chi connectivity index (χ3n) is 3.32. The van der Waals surface area contributed by atoms with Gasteiger partial charge in [-0.1, -0.05) is 13.0 Å². The average molecular weight is 341 g/mol. The van der Waals surface area contributed by atoms with Gasteiger partial charge in [0, 0.05) is 12.1 Å². The SMILES string of the molecule is CCC(N)Cc1ccc(OCC(=O)NC2CC2)c(Br)c1. The van der Waals surface area contributed by atoms with E-state index in [2.05, 4.69) is 28.2 Å². The molecule has 1 amide bonds. The highest BCUT2D eigenvalue weighted by Crippen LogP contribution is 2.26. The van der Waals surface area contributed by atoms with Crippen LogP contribution >= 0.6 is 15.9 Å². The lowest BCUT2D eigenvalue weighted by atomic mass is 10.0. The van der Waals surface area contributed by atoms with E-state index in [0.717, 1.165) is 30.2 Å². The highest BCUT2D eigenvalue weighted by molar-refractivity contribution is 9.10. The number of rotatable bonds is 7. The number of halogens is 1. The molecule has 0 radical (unpaired) electrons. The minimum absolute atomic E-state index is 0.0585. The molecule has 1 aliphatic carbocycles. The Morgan fingerprint density at radius 1 is 1.55 bits per heavy atom. The first-order valence-electron chi connectivity index (χ1n) is 7.04. The third-order valence-corrected chi connectivity index (χ3v) is 3.94. The van der Waals surface area contributed by atoms with Gasteiger partial charge < -0.3 is 15.8 Å². The van der Waals surface area contributed by atoms with E-state index in [9.17, 15) is 4.79 Å². The zero-order valence-electron chi connectivity index (χ0n) is 11.7. The molecule has 0 bridgehead atoms. The van der Waals surface area contributed by atoms with Crippen molar-refractivity contribution in [3.8, 4) is 5.75 Å². The second kappa shape index (κ2) is 7.09. The van der Waals surface area contributed by atoms with Crippen LogP contribution < -0.4 is 15.8 Å². The van der Waals surface area contributed by atoms with Crippen LogP contribution in [0.1, 0.15) is 31.7 Å². The van der Waals surface area contributed by atoms with Gasteiger partial charge in [-0.3, -0.25) is 4.79 Å². The van der Waals surface area contributed by atoms with Gasteiger partial charge in [0.05, 0.1) is 4.47 Å². The van der Waals surface area contributed by atoms with E-state index in [0.29, 0.717) is 11.8 Å². The first-order chi connectivity index (χ1) is 9.58. The molecule has 0 heterocycles. The summed E-state index contributed by atoms with van der Waals surface area (Å²) in [5.74, 6) is 0.626. The number of benzene rings is 1. The molecule has 1 aromatic rings. The minimum Gasteiger partial charge on any atom is -0.483 e. The molecule has 20 heavy (non-hydrogen) atoms. The number of hydrogen-bond donors (Lipinski definition) is 2. The minimum atomic E-state index is -0.0588. The third kappa shape index (κ3) is 4.80. The van der Waals surface area contributed by atoms with E-state index >= 15 is 0 Å². The average Bonchev–Trinajstić information content (AvgIpc) is 3.21. The van der Waals surface area contributed by atoms with Crippen molar-refractivity contribution in [2.75, 3.05) is 6.61 Å². The molecule has 1 unspecified atom stereocenters. The molecule has 1 aliphatic rings. The zero-order chi connectivity index (χ0) is 14.5. The van der Waals surface area contributed by atoms with E-state index in [4.69, 9.17) is 10.5 Å². The van der Waals surface area contributed by atoms with Gasteiger partial charge in [-0.05, 0) is 59.3 Å². The molecule has 110 valence electrons. The molecule has 0 aliphatic heterocycles. The van der Waals surface area contributed by atoms with Crippen LogP contribution in [-0.4, -0.2) is 24.6 Å². The number of nitrogens with one attached hydrogen (secondary N) is 1. The Balaban J connectivity index is 1.86. The number of hydrogen-bond acceptors (Lipinski definition) is 3. The predicted molar refractivity (Wildman–Crippen MR) is 82.8 cm³/mol. The first kappa shape index (κ1) is 15.3. The lowest BCUT2D eigenvalue weighted by molar-refractivity contribution is -0.123. The quantitative estimate of drug-likeness (QED) is 0.800. The number of carbonyl (C=O) groups excluding carboxylic acids is 1. The molecule has 1 fully saturated rings. The summed E-state index contributed by atoms with van der Waals surface area (Å²) in [4.78, 5) is 11.6. The summed E-state index contributed by atoms with van der Waals surface area (Å²) in [6, 6.07) is 6.43. The number of carbonyl (C=O) groups is 1. The largest absolute Gasteiger partial charge is 0.483 e. The number of nitrogens with two attached hydrogens (primary N) is 1. The Bertz CT molecular complexity index is 475. The van der Waals surface area contributed by atoms with Gasteiger partial charge in [-0.15, -0.1) is 0 Å². The number of ether oxygens (including phenoxy) is 1. The van der Waals surface area contributed by atoms with Crippen molar-refractivity contribution in [1.82, 2.24) is 5.32 Å². The van der Waals surface area contributed by atoms with Crippen LogP contribution in [0.25, 0.3) is 0 Å². The molecule has 5 heteroatoms. The van der Waals surface area contributed by atoms with Crippen LogP contribution in [0.5, 0.6) is 5.75 Å². The molecular weight excluding hydrogens is 320 g/mol. The van der Waals surface area contributed by atoms with Gasteiger partial charge >= 0.3 is 0 Å². The van der Waals surface area contributed by atoms with Crippen molar-refractivity contribution in [2.24, 2.45) is 5.73 Å². The maximum absolute atomic E-state index is 11.6. The first-order valence-corrected chi connectivity index (χ1v) is 7.84. The molecule has 0 saturated heterocycles. The molecule has 2 rings (SSSR count). The van der Waals surface area contributed by atoms with E-state index in [-0.39, 0.29) is 18.6 Å². The van der Waals surface area contributed by atoms with Crippen molar-refractivity contribution in [3.63, 3.8) is 0 Å². The van der Waals surface area contributed by atoms with E-state index in [1.54, 1.807) is 0 Å². The summed E-state index contributed by atoms with van der Waals surface area (Å²) < 4.78 is 6.38. The topological polar surface area (TPSA) is 64.3 Å². The van der Waals surface area contributed by atoms with Gasteiger partial charge in [0.15, 0.2) is 6.61 Å². The van der Waals surface area contributed by atoms with E-state index < -0.39 is 0 Å². The predicted octanol–water partition coefficient (Wildman–Crippen LogP) is 2.39. The molecule has 1 saturated carbocycles. The van der Waals surface area contributed by atoms with Crippen LogP contribution in [0.15, 0.2) is 22.7 Å². The zero-order valence-corrected chi connectivity index (χ0v) is 13.3. The summed E-state index contributed by atoms with van der Waals surface area (Å²) >= 11 is 3.47. The van der Waals surface area contributed by atoms with Gasteiger partial charge in [0.2, 0.25) is 0 Å². The van der Waals surface area contributed by atoms with Crippen LogP contribution in [0.2, 0.25) is 0 Å². The van der Waals surface area contributed by atoms with Crippen LogP contribution in [0.3, 0.4) is 0 Å². The maximum atomic E-state index is 11.6. The summed E-state index contributed by atoms with van der Waals surface area (Å²) in [5.41, 5.74) is 7.11. The van der Waals surface area contributed by atoms with Crippen molar-refractivity contribution in [3.05, 3.63) is 28.2 Å². The molecule has 3 N–H and O–H groups in total. The molecule has 0 aromatic heterocycles. The van der Waals surface area contributed by atoms with Gasteiger partial charge in [0.1, 0.15) is 5.75 Å². The van der Waals surface area contributed by atoms with Gasteiger partial charge in [0.25, 0.3) is 5.91 Å². The molecule has 4 nitrogen and oxygen atoms in total. The van der Waals surface area contributed by atoms with E-state index in [1.807, 2.05) is 18.2 Å². The summed E-state index contributed by atoms with van der Waals surface area (Å²) in [6.45, 7) is 2.14. The Labute approximate surface area is 128 Å². The fraction of sp³-hybridized carbons (Fsp3) is 0.533. The van der Waals surface area contributed by atoms with Gasteiger partial charge in [-0.2, -0.15) is 0 Å². The molecule has 1 aromatic carbocycles. The lowest BCUT2D eigenvalue weighted by Crippen LogP contribution is -2.30. The Kier molecular flexibility index (Phi) is 5.43. The Hall–Kier alpha value is -1.07. The summed E-state index contributed by atoms with van der Waals surface area (Å²) in [6.07, 6.45) is 3.97. The smallest absolute Gasteiger partial charge is 0.258 e. The van der Waals surface area contributed by atoms with Crippen LogP contribution in [-0.2, 0) is 11.2 Å². The second-order valence-corrected chi connectivity index (χ2v) is 6.12. The normalized spacial score (nSPS) is 15.8. The van der Waals surface area contributed by atoms with Gasteiger partial charge in [-0.25, -0.2) is 0 Å². The Morgan fingerprint density at radius 3 is 2.90 bits per heavy atom. The highest BCUT2D eigenvalue weighted by Gasteiger charge is 2.23. The highest BCUT2D eigenvalue weighted by atomic mass is 79.9. The molecule has 1 atom stereocenters. The second-order valence-electron chi connectivity index (χ2n) is 5.27. The molecular formula is C15H21BrN2O2. The van der Waals surface area contributed by atoms with E-state index in [1.165, 1.54) is 5.56 Å². The molecule has 0 spiro atoms. The van der Waals surface area contributed by atoms with Crippen molar-refractivity contribution >= 4 is 21.8 Å². The van der Waals surface area contributed by atoms with Crippen molar-refractivity contribution in [2.45, 2.75) is 44.7 Å². The lowest BCUT2D eigenvalue weighted by Gasteiger charge is -2.12. The maximum Gasteiger partial charge on any atom is 0.258 e. The summed E-state index contributed by atoms with van der Waals surface area (Å²) in [7, 11) is 0. The number of amides is 1. The standard InChI is InChI=1S/C15H21BrN2O2/c1-2-11(17)7-10-3-6-14(13(16)8-10)20-9-15(19)18-12-4-5-12/h3,6,8,11-12H,2,4-5,7,9,17H2,1H3,(H,18,19). The Morgan fingerprint density at radius 2 is 2.30 bits per heavy atom. The van der Waals surface area contributed by atoms with Crippen molar-refractivity contribution in [1.29, 1.82) is 0 Å². The fourth-order valence-electron chi connectivity index (χ4n) is 1.88. The fourth-order valence-corrected chi connectivity index (χ4v) is 2.42.